The van der Waals surface area contributed by atoms with Gasteiger partial charge in [-0.25, -0.2) is 17.5 Å². The van der Waals surface area contributed by atoms with Gasteiger partial charge in [-0.15, -0.1) is 0 Å². The monoisotopic (exact) mass is 316 g/mol. The molecule has 0 unspecified atom stereocenters. The first-order valence-corrected chi connectivity index (χ1v) is 8.27. The van der Waals surface area contributed by atoms with Crippen LogP contribution in [0.5, 0.6) is 0 Å². The largest absolute Gasteiger partial charge is 0.389 e. The van der Waals surface area contributed by atoms with Gasteiger partial charge in [-0.3, -0.25) is 0 Å². The van der Waals surface area contributed by atoms with E-state index in [1.165, 1.54) is 12.1 Å². The predicted molar refractivity (Wildman–Crippen MR) is 79.5 cm³/mol. The van der Waals surface area contributed by atoms with Crippen LogP contribution in [0, 0.1) is 5.82 Å². The molecule has 110 valence electrons. The minimum atomic E-state index is -3.86. The zero-order valence-corrected chi connectivity index (χ0v) is 12.8. The summed E-state index contributed by atoms with van der Waals surface area (Å²) >= 11 is 4.76. The Morgan fingerprint density at radius 1 is 1.40 bits per heavy atom. The van der Waals surface area contributed by atoms with Crippen molar-refractivity contribution in [1.29, 1.82) is 0 Å². The molecule has 0 bridgehead atoms. The number of rotatable bonds is 4. The highest BCUT2D eigenvalue weighted by atomic mass is 32.2. The van der Waals surface area contributed by atoms with E-state index in [-0.39, 0.29) is 15.4 Å². The van der Waals surface area contributed by atoms with Crippen molar-refractivity contribution in [2.45, 2.75) is 43.0 Å². The molecule has 1 aromatic rings. The van der Waals surface area contributed by atoms with E-state index >= 15 is 0 Å². The lowest BCUT2D eigenvalue weighted by Gasteiger charge is -2.25. The molecule has 3 N–H and O–H groups in total. The Balaban J connectivity index is 2.45. The first-order chi connectivity index (χ1) is 9.25. The highest BCUT2D eigenvalue weighted by molar-refractivity contribution is 7.89. The maximum atomic E-state index is 13.8. The highest BCUT2D eigenvalue weighted by Gasteiger charge is 2.35. The lowest BCUT2D eigenvalue weighted by Crippen LogP contribution is -2.44. The first kappa shape index (κ1) is 15.3. The summed E-state index contributed by atoms with van der Waals surface area (Å²) in [7, 11) is -3.86. The molecule has 1 fully saturated rings. The van der Waals surface area contributed by atoms with E-state index in [4.69, 9.17) is 18.0 Å². The topological polar surface area (TPSA) is 72.2 Å². The van der Waals surface area contributed by atoms with Gasteiger partial charge >= 0.3 is 0 Å². The average Bonchev–Trinajstić information content (AvgIpc) is 2.73. The van der Waals surface area contributed by atoms with Gasteiger partial charge in [0, 0.05) is 5.54 Å². The van der Waals surface area contributed by atoms with Crippen molar-refractivity contribution < 1.29 is 12.8 Å². The lowest BCUT2D eigenvalue weighted by molar-refractivity contribution is 0.427. The SMILES string of the molecule is CC1(NS(=O)(=O)c2cccc(F)c2C(N)=S)CCCC1. The van der Waals surface area contributed by atoms with Crippen LogP contribution in [-0.2, 0) is 10.0 Å². The smallest absolute Gasteiger partial charge is 0.241 e. The summed E-state index contributed by atoms with van der Waals surface area (Å²) in [6.07, 6.45) is 3.49. The minimum absolute atomic E-state index is 0.196. The molecular formula is C13H17FN2O2S2. The van der Waals surface area contributed by atoms with Gasteiger partial charge in [-0.05, 0) is 31.9 Å². The van der Waals surface area contributed by atoms with Gasteiger partial charge in [0.25, 0.3) is 0 Å². The Kier molecular flexibility index (Phi) is 4.13. The van der Waals surface area contributed by atoms with Crippen molar-refractivity contribution >= 4 is 27.2 Å². The molecule has 1 aromatic carbocycles. The number of thiocarbonyl (C=S) groups is 1. The van der Waals surface area contributed by atoms with Gasteiger partial charge in [0.15, 0.2) is 0 Å². The van der Waals surface area contributed by atoms with Gasteiger partial charge in [0.1, 0.15) is 10.8 Å². The van der Waals surface area contributed by atoms with E-state index in [9.17, 15) is 12.8 Å². The van der Waals surface area contributed by atoms with Crippen LogP contribution in [0.15, 0.2) is 23.1 Å². The molecule has 1 saturated carbocycles. The summed E-state index contributed by atoms with van der Waals surface area (Å²) in [5, 5.41) is 0. The lowest BCUT2D eigenvalue weighted by atomic mass is 10.0. The molecular weight excluding hydrogens is 299 g/mol. The molecule has 20 heavy (non-hydrogen) atoms. The number of halogens is 1. The fraction of sp³-hybridized carbons (Fsp3) is 0.462. The summed E-state index contributed by atoms with van der Waals surface area (Å²) in [6.45, 7) is 1.86. The number of sulfonamides is 1. The number of benzene rings is 1. The second-order valence-corrected chi connectivity index (χ2v) is 7.44. The summed E-state index contributed by atoms with van der Waals surface area (Å²) in [5.74, 6) is -0.725. The second-order valence-electron chi connectivity index (χ2n) is 5.35. The predicted octanol–water partition coefficient (Wildman–Crippen LogP) is 2.07. The Morgan fingerprint density at radius 3 is 2.55 bits per heavy atom. The number of nitrogens with one attached hydrogen (secondary N) is 1. The van der Waals surface area contributed by atoms with Crippen molar-refractivity contribution in [2.75, 3.05) is 0 Å². The van der Waals surface area contributed by atoms with E-state index in [1.54, 1.807) is 0 Å². The quantitative estimate of drug-likeness (QED) is 0.834. The minimum Gasteiger partial charge on any atom is -0.389 e. The van der Waals surface area contributed by atoms with E-state index in [2.05, 4.69) is 4.72 Å². The third kappa shape index (κ3) is 2.99. The zero-order valence-electron chi connectivity index (χ0n) is 11.1. The first-order valence-electron chi connectivity index (χ1n) is 6.37. The Hall–Kier alpha value is -1.05. The van der Waals surface area contributed by atoms with Crippen molar-refractivity contribution in [1.82, 2.24) is 4.72 Å². The standard InChI is InChI=1S/C13H17FN2O2S2/c1-13(7-2-3-8-13)16-20(17,18)10-6-4-5-9(14)11(10)12(15)19/h4-6,16H,2-3,7-8H2,1H3,(H2,15,19). The van der Waals surface area contributed by atoms with E-state index in [0.29, 0.717) is 0 Å². The molecule has 1 aliphatic rings. The molecule has 0 aliphatic heterocycles. The molecule has 4 nitrogen and oxygen atoms in total. The molecule has 0 saturated heterocycles. The van der Waals surface area contributed by atoms with Crippen LogP contribution in [0.2, 0.25) is 0 Å². The maximum absolute atomic E-state index is 13.8. The van der Waals surface area contributed by atoms with E-state index in [0.717, 1.165) is 31.7 Å². The highest BCUT2D eigenvalue weighted by Crippen LogP contribution is 2.31. The summed E-state index contributed by atoms with van der Waals surface area (Å²) in [6, 6.07) is 3.80. The van der Waals surface area contributed by atoms with Crippen LogP contribution < -0.4 is 10.5 Å². The van der Waals surface area contributed by atoms with Gasteiger partial charge in [-0.1, -0.05) is 31.1 Å². The maximum Gasteiger partial charge on any atom is 0.241 e. The molecule has 1 aliphatic carbocycles. The Bertz CT molecular complexity index is 638. The molecule has 0 radical (unpaired) electrons. The van der Waals surface area contributed by atoms with Gasteiger partial charge in [0.05, 0.1) is 10.5 Å². The van der Waals surface area contributed by atoms with Gasteiger partial charge < -0.3 is 5.73 Å². The third-order valence-corrected chi connectivity index (χ3v) is 5.48. The normalized spacial score (nSPS) is 18.1. The van der Waals surface area contributed by atoms with Crippen LogP contribution in [-0.4, -0.2) is 18.9 Å². The summed E-state index contributed by atoms with van der Waals surface area (Å²) in [5.41, 5.74) is 4.74. The fourth-order valence-corrected chi connectivity index (χ4v) is 4.57. The van der Waals surface area contributed by atoms with Crippen molar-refractivity contribution in [2.24, 2.45) is 5.73 Å². The van der Waals surface area contributed by atoms with Crippen LogP contribution >= 0.6 is 12.2 Å². The van der Waals surface area contributed by atoms with Crippen molar-refractivity contribution in [3.63, 3.8) is 0 Å². The molecule has 2 rings (SSSR count). The molecule has 0 spiro atoms. The zero-order chi connectivity index (χ0) is 15.0. The summed E-state index contributed by atoms with van der Waals surface area (Å²) < 4.78 is 41.4. The Morgan fingerprint density at radius 2 is 2.00 bits per heavy atom. The van der Waals surface area contributed by atoms with E-state index in [1.807, 2.05) is 6.92 Å². The van der Waals surface area contributed by atoms with Crippen LogP contribution in [0.4, 0.5) is 4.39 Å². The van der Waals surface area contributed by atoms with Gasteiger partial charge in [0.2, 0.25) is 10.0 Å². The number of hydrogen-bond acceptors (Lipinski definition) is 3. The molecule has 0 atom stereocenters. The summed E-state index contributed by atoms with van der Waals surface area (Å²) in [4.78, 5) is -0.460. The van der Waals surface area contributed by atoms with Crippen LogP contribution in [0.1, 0.15) is 38.2 Å². The fourth-order valence-electron chi connectivity index (χ4n) is 2.60. The van der Waals surface area contributed by atoms with Crippen molar-refractivity contribution in [3.8, 4) is 0 Å². The molecule has 0 aromatic heterocycles. The number of nitrogens with two attached hydrogens (primary N) is 1. The Labute approximate surface area is 123 Å². The average molecular weight is 316 g/mol. The van der Waals surface area contributed by atoms with Crippen molar-refractivity contribution in [3.05, 3.63) is 29.6 Å². The molecule has 7 heteroatoms. The van der Waals surface area contributed by atoms with Crippen LogP contribution in [0.3, 0.4) is 0 Å². The molecule has 0 amide bonds. The second kappa shape index (κ2) is 5.38. The van der Waals surface area contributed by atoms with Crippen LogP contribution in [0.25, 0.3) is 0 Å². The number of hydrogen-bond donors (Lipinski definition) is 2. The molecule has 0 heterocycles. The van der Waals surface area contributed by atoms with Gasteiger partial charge in [-0.2, -0.15) is 0 Å². The van der Waals surface area contributed by atoms with E-state index < -0.39 is 21.4 Å². The third-order valence-electron chi connectivity index (χ3n) is 3.60.